The molecule has 116 valence electrons. The van der Waals surface area contributed by atoms with Crippen molar-refractivity contribution >= 4 is 21.4 Å². The van der Waals surface area contributed by atoms with Gasteiger partial charge in [-0.15, -0.1) is 11.3 Å². The second-order valence-corrected chi connectivity index (χ2v) is 7.38. The molecule has 0 bridgehead atoms. The number of aromatic amines is 1. The Morgan fingerprint density at radius 3 is 2.86 bits per heavy atom. The van der Waals surface area contributed by atoms with Gasteiger partial charge in [0.15, 0.2) is 5.03 Å². The average Bonchev–Trinajstić information content (AvgIpc) is 3.05. The molecule has 6 nitrogen and oxygen atoms in total. The Balaban J connectivity index is 2.23. The third-order valence-electron chi connectivity index (χ3n) is 3.14. The van der Waals surface area contributed by atoms with Crippen LogP contribution >= 0.6 is 11.3 Å². The van der Waals surface area contributed by atoms with E-state index in [4.69, 9.17) is 0 Å². The number of sulfonamides is 1. The van der Waals surface area contributed by atoms with Crippen molar-refractivity contribution in [3.8, 4) is 0 Å². The van der Waals surface area contributed by atoms with Crippen LogP contribution in [0.4, 0.5) is 0 Å². The van der Waals surface area contributed by atoms with Crippen LogP contribution in [0, 0.1) is 6.92 Å². The van der Waals surface area contributed by atoms with Crippen LogP contribution in [-0.4, -0.2) is 25.2 Å². The maximum Gasteiger partial charge on any atom is 0.260 e. The van der Waals surface area contributed by atoms with Gasteiger partial charge in [0, 0.05) is 22.7 Å². The van der Waals surface area contributed by atoms with E-state index in [1.807, 2.05) is 38.3 Å². The Hall–Kier alpha value is -1.22. The number of aromatic nitrogens is 2. The smallest absolute Gasteiger partial charge is 0.260 e. The lowest BCUT2D eigenvalue weighted by molar-refractivity contribution is 0.561. The highest BCUT2D eigenvalue weighted by Gasteiger charge is 2.25. The van der Waals surface area contributed by atoms with E-state index in [1.54, 1.807) is 0 Å². The van der Waals surface area contributed by atoms with E-state index in [0.717, 1.165) is 17.1 Å². The summed E-state index contributed by atoms with van der Waals surface area (Å²) in [6, 6.07) is 3.53. The molecular weight excluding hydrogens is 308 g/mol. The van der Waals surface area contributed by atoms with Gasteiger partial charge >= 0.3 is 0 Å². The number of hydrogen-bond acceptors (Lipinski definition) is 5. The Bertz CT molecular complexity index is 677. The predicted molar refractivity (Wildman–Crippen MR) is 83.8 cm³/mol. The number of rotatable bonds is 7. The highest BCUT2D eigenvalue weighted by Crippen LogP contribution is 2.22. The number of nitrogens with one attached hydrogen (secondary N) is 3. The summed E-state index contributed by atoms with van der Waals surface area (Å²) in [5.74, 6) is 0. The molecule has 0 amide bonds. The van der Waals surface area contributed by atoms with Gasteiger partial charge in [0.05, 0.1) is 6.04 Å². The molecule has 2 aromatic heterocycles. The van der Waals surface area contributed by atoms with Crippen molar-refractivity contribution in [3.63, 3.8) is 0 Å². The van der Waals surface area contributed by atoms with Gasteiger partial charge in [0.2, 0.25) is 0 Å². The lowest BCUT2D eigenvalue weighted by Crippen LogP contribution is -2.28. The molecule has 0 fully saturated rings. The lowest BCUT2D eigenvalue weighted by Gasteiger charge is -2.12. The fourth-order valence-corrected chi connectivity index (χ4v) is 4.22. The monoisotopic (exact) mass is 328 g/mol. The number of thiophene rings is 1. The van der Waals surface area contributed by atoms with E-state index in [2.05, 4.69) is 20.2 Å². The van der Waals surface area contributed by atoms with Crippen molar-refractivity contribution in [3.05, 3.63) is 33.6 Å². The maximum absolute atomic E-state index is 12.5. The molecule has 0 radical (unpaired) electrons. The molecule has 0 aliphatic heterocycles. The molecule has 3 N–H and O–H groups in total. The molecule has 0 spiro atoms. The van der Waals surface area contributed by atoms with Gasteiger partial charge in [0.1, 0.15) is 0 Å². The fraction of sp³-hybridized carbons (Fsp3) is 0.462. The summed E-state index contributed by atoms with van der Waals surface area (Å²) in [6.07, 6.45) is 0. The van der Waals surface area contributed by atoms with E-state index >= 15 is 0 Å². The topological polar surface area (TPSA) is 86.9 Å². The van der Waals surface area contributed by atoms with Crippen LogP contribution in [0.5, 0.6) is 0 Å². The minimum atomic E-state index is -3.65. The fourth-order valence-electron chi connectivity index (χ4n) is 1.99. The Labute approximate surface area is 129 Å². The quantitative estimate of drug-likeness (QED) is 0.725. The van der Waals surface area contributed by atoms with Gasteiger partial charge in [-0.3, -0.25) is 5.10 Å². The minimum absolute atomic E-state index is 0.0735. The maximum atomic E-state index is 12.5. The van der Waals surface area contributed by atoms with Crippen LogP contribution in [0.3, 0.4) is 0 Å². The van der Waals surface area contributed by atoms with Crippen molar-refractivity contribution < 1.29 is 8.42 Å². The normalized spacial score (nSPS) is 13.5. The zero-order valence-corrected chi connectivity index (χ0v) is 13.9. The van der Waals surface area contributed by atoms with Crippen LogP contribution < -0.4 is 10.0 Å². The summed E-state index contributed by atoms with van der Waals surface area (Å²) in [6.45, 7) is 6.86. The van der Waals surface area contributed by atoms with E-state index in [9.17, 15) is 8.42 Å². The van der Waals surface area contributed by atoms with E-state index in [1.165, 1.54) is 11.3 Å². The van der Waals surface area contributed by atoms with Gasteiger partial charge in [-0.1, -0.05) is 13.0 Å². The molecule has 1 atom stereocenters. The third-order valence-corrected chi connectivity index (χ3v) is 5.71. The molecule has 0 aliphatic rings. The van der Waals surface area contributed by atoms with Crippen molar-refractivity contribution in [1.82, 2.24) is 20.2 Å². The van der Waals surface area contributed by atoms with E-state index in [0.29, 0.717) is 12.1 Å². The van der Waals surface area contributed by atoms with E-state index in [-0.39, 0.29) is 11.1 Å². The molecule has 0 aliphatic carbocycles. The summed E-state index contributed by atoms with van der Waals surface area (Å²) in [5.41, 5.74) is 1.45. The van der Waals surface area contributed by atoms with Gasteiger partial charge in [-0.2, -0.15) is 5.10 Å². The van der Waals surface area contributed by atoms with Crippen molar-refractivity contribution in [2.75, 3.05) is 6.54 Å². The largest absolute Gasteiger partial charge is 0.313 e. The van der Waals surface area contributed by atoms with E-state index < -0.39 is 10.0 Å². The molecule has 2 aromatic rings. The molecule has 0 saturated heterocycles. The lowest BCUT2D eigenvalue weighted by atomic mass is 10.2. The average molecular weight is 328 g/mol. The molecule has 21 heavy (non-hydrogen) atoms. The molecule has 2 rings (SSSR count). The summed E-state index contributed by atoms with van der Waals surface area (Å²) in [5, 5.41) is 11.9. The number of hydrogen-bond donors (Lipinski definition) is 3. The van der Waals surface area contributed by atoms with Crippen LogP contribution in [0.25, 0.3) is 0 Å². The third kappa shape index (κ3) is 3.70. The van der Waals surface area contributed by atoms with Gasteiger partial charge in [-0.05, 0) is 31.8 Å². The second-order valence-electron chi connectivity index (χ2n) is 4.77. The first-order valence-corrected chi connectivity index (χ1v) is 9.12. The first kappa shape index (κ1) is 16.2. The standard InChI is InChI=1S/C13H20N4O2S2/c1-4-14-8-11-9(2)15-16-13(11)21(18,19)17-10(3)12-6-5-7-20-12/h5-7,10,14,17H,4,8H2,1-3H3,(H,15,16). The zero-order valence-electron chi connectivity index (χ0n) is 12.3. The first-order valence-electron chi connectivity index (χ1n) is 6.76. The summed E-state index contributed by atoms with van der Waals surface area (Å²) in [4.78, 5) is 0.971. The second kappa shape index (κ2) is 6.69. The number of H-pyrrole nitrogens is 1. The molecular formula is C13H20N4O2S2. The van der Waals surface area contributed by atoms with Crippen LogP contribution in [0.15, 0.2) is 22.5 Å². The van der Waals surface area contributed by atoms with Crippen molar-refractivity contribution in [1.29, 1.82) is 0 Å². The number of nitrogens with zero attached hydrogens (tertiary/aromatic N) is 1. The van der Waals surface area contributed by atoms with Gasteiger partial charge in [0.25, 0.3) is 10.0 Å². The summed E-state index contributed by atoms with van der Waals surface area (Å²) in [7, 11) is -3.65. The highest BCUT2D eigenvalue weighted by atomic mass is 32.2. The van der Waals surface area contributed by atoms with Crippen molar-refractivity contribution in [2.24, 2.45) is 0 Å². The van der Waals surface area contributed by atoms with Crippen LogP contribution in [-0.2, 0) is 16.6 Å². The molecule has 2 heterocycles. The van der Waals surface area contributed by atoms with Gasteiger partial charge in [-0.25, -0.2) is 13.1 Å². The minimum Gasteiger partial charge on any atom is -0.313 e. The SMILES string of the molecule is CCNCc1c(S(=O)(=O)NC(C)c2cccs2)n[nH]c1C. The molecule has 1 unspecified atom stereocenters. The molecule has 0 aromatic carbocycles. The Morgan fingerprint density at radius 2 is 2.24 bits per heavy atom. The summed E-state index contributed by atoms with van der Waals surface area (Å²) < 4.78 is 27.7. The molecule has 0 saturated carbocycles. The van der Waals surface area contributed by atoms with Crippen LogP contribution in [0.1, 0.15) is 36.0 Å². The Morgan fingerprint density at radius 1 is 1.48 bits per heavy atom. The van der Waals surface area contributed by atoms with Crippen LogP contribution in [0.2, 0.25) is 0 Å². The Kier molecular flexibility index (Phi) is 5.15. The van der Waals surface area contributed by atoms with Crippen molar-refractivity contribution in [2.45, 2.75) is 38.4 Å². The first-order chi connectivity index (χ1) is 9.95. The molecule has 8 heteroatoms. The predicted octanol–water partition coefficient (Wildman–Crippen LogP) is 1.93. The number of aryl methyl sites for hydroxylation is 1. The highest BCUT2D eigenvalue weighted by molar-refractivity contribution is 7.89. The summed E-state index contributed by atoms with van der Waals surface area (Å²) >= 11 is 1.52. The van der Waals surface area contributed by atoms with Gasteiger partial charge < -0.3 is 5.32 Å². The zero-order chi connectivity index (χ0) is 15.5.